The predicted molar refractivity (Wildman–Crippen MR) is 137 cm³/mol. The van der Waals surface area contributed by atoms with E-state index >= 15 is 0 Å². The van der Waals surface area contributed by atoms with Crippen LogP contribution in [0.25, 0.3) is 11.3 Å². The first-order chi connectivity index (χ1) is 19.9. The van der Waals surface area contributed by atoms with E-state index in [0.29, 0.717) is 11.3 Å². The Bertz CT molecular complexity index is 1380. The Hall–Kier alpha value is -2.63. The molecule has 2 aliphatic rings. The molecule has 3 aromatic rings. The zero-order valence-electron chi connectivity index (χ0n) is 22.5. The standard InChI is InChI=1S/C26H29F5N4O6S/c1-12-11-40-33-19(12)23(25(38)3-5-26(30,31)6-4-25)42-24-22(39-2)20(21(37)17(10-36)41-24)35-9-16(32-34-35)13-7-14(27)18(29)15(28)8-13/h7-9,11,17,20-24,36-38H,3-6,10H2,1-2H3/t17-,20+,21+,22-,23-,24+/m1/s1. The minimum atomic E-state index is -2.92. The third-order valence-electron chi connectivity index (χ3n) is 7.83. The van der Waals surface area contributed by atoms with Crippen LogP contribution in [0.2, 0.25) is 0 Å². The number of aromatic nitrogens is 4. The van der Waals surface area contributed by atoms with E-state index in [4.69, 9.17) is 14.0 Å². The molecule has 1 aliphatic heterocycles. The highest BCUT2D eigenvalue weighted by molar-refractivity contribution is 8.00. The Balaban J connectivity index is 1.49. The van der Waals surface area contributed by atoms with Crippen LogP contribution in [-0.2, 0) is 9.47 Å². The van der Waals surface area contributed by atoms with Crippen molar-refractivity contribution in [3.8, 4) is 11.3 Å². The molecule has 1 aliphatic carbocycles. The van der Waals surface area contributed by atoms with Crippen molar-refractivity contribution in [2.24, 2.45) is 0 Å². The summed E-state index contributed by atoms with van der Waals surface area (Å²) in [7, 11) is 1.33. The Morgan fingerprint density at radius 3 is 2.40 bits per heavy atom. The van der Waals surface area contributed by atoms with Gasteiger partial charge in [-0.1, -0.05) is 10.4 Å². The lowest BCUT2D eigenvalue weighted by molar-refractivity contribution is -0.186. The SMILES string of the molecule is CO[C@@H]1[C@@H](n2cc(-c3cc(F)c(F)c(F)c3)nn2)[C@@H](O)[C@@H](CO)O[C@H]1S[C@H](c1nocc1C)C1(O)CCC(F)(F)CC1. The highest BCUT2D eigenvalue weighted by Crippen LogP contribution is 2.53. The summed E-state index contributed by atoms with van der Waals surface area (Å²) in [6, 6.07) is 0.407. The second-order valence-electron chi connectivity index (χ2n) is 10.6. The van der Waals surface area contributed by atoms with Crippen LogP contribution in [0.1, 0.15) is 48.2 Å². The van der Waals surface area contributed by atoms with Crippen LogP contribution in [0.3, 0.4) is 0 Å². The fourth-order valence-electron chi connectivity index (χ4n) is 5.42. The third-order valence-corrected chi connectivity index (χ3v) is 9.41. The molecule has 42 heavy (non-hydrogen) atoms. The van der Waals surface area contributed by atoms with Gasteiger partial charge in [-0.2, -0.15) is 0 Å². The van der Waals surface area contributed by atoms with E-state index in [0.717, 1.165) is 23.9 Å². The number of rotatable bonds is 8. The van der Waals surface area contributed by atoms with Gasteiger partial charge < -0.3 is 29.3 Å². The molecule has 1 aromatic carbocycles. The number of aliphatic hydroxyl groups is 3. The number of alkyl halides is 2. The lowest BCUT2D eigenvalue weighted by atomic mass is 9.79. The van der Waals surface area contributed by atoms with Crippen molar-refractivity contribution in [2.45, 2.75) is 79.2 Å². The maximum Gasteiger partial charge on any atom is 0.248 e. The molecule has 6 atom stereocenters. The fraction of sp³-hybridized carbons (Fsp3) is 0.577. The van der Waals surface area contributed by atoms with Gasteiger partial charge in [0, 0.05) is 31.1 Å². The highest BCUT2D eigenvalue weighted by Gasteiger charge is 2.53. The van der Waals surface area contributed by atoms with Crippen LogP contribution in [0.15, 0.2) is 29.1 Å². The molecule has 0 amide bonds. The highest BCUT2D eigenvalue weighted by atomic mass is 32.2. The van der Waals surface area contributed by atoms with Gasteiger partial charge >= 0.3 is 0 Å². The maximum absolute atomic E-state index is 14.0. The Labute approximate surface area is 240 Å². The van der Waals surface area contributed by atoms with Gasteiger partial charge in [0.15, 0.2) is 17.5 Å². The Morgan fingerprint density at radius 2 is 1.83 bits per heavy atom. The molecule has 0 unspecified atom stereocenters. The van der Waals surface area contributed by atoms with Crippen LogP contribution < -0.4 is 0 Å². The van der Waals surface area contributed by atoms with E-state index < -0.39 is 83.5 Å². The molecule has 3 heterocycles. The topological polar surface area (TPSA) is 136 Å². The molecule has 5 rings (SSSR count). The number of methoxy groups -OCH3 is 1. The summed E-state index contributed by atoms with van der Waals surface area (Å²) in [6.07, 6.45) is -2.56. The molecule has 0 radical (unpaired) electrons. The maximum atomic E-state index is 14.0. The van der Waals surface area contributed by atoms with Crippen molar-refractivity contribution >= 4 is 11.8 Å². The summed E-state index contributed by atoms with van der Waals surface area (Å²) < 4.78 is 87.3. The average Bonchev–Trinajstić information content (AvgIpc) is 3.61. The number of thioether (sulfide) groups is 1. The summed E-state index contributed by atoms with van der Waals surface area (Å²) >= 11 is 1.01. The average molecular weight is 621 g/mol. The molecule has 2 aromatic heterocycles. The molecule has 1 saturated carbocycles. The van der Waals surface area contributed by atoms with E-state index in [1.807, 2.05) is 0 Å². The number of hydrogen-bond donors (Lipinski definition) is 3. The van der Waals surface area contributed by atoms with Crippen LogP contribution in [0, 0.1) is 24.4 Å². The van der Waals surface area contributed by atoms with Crippen LogP contribution >= 0.6 is 11.8 Å². The smallest absolute Gasteiger partial charge is 0.248 e. The van der Waals surface area contributed by atoms with Crippen molar-refractivity contribution in [1.82, 2.24) is 20.2 Å². The van der Waals surface area contributed by atoms with Crippen molar-refractivity contribution in [1.29, 1.82) is 0 Å². The van der Waals surface area contributed by atoms with Crippen molar-refractivity contribution in [3.63, 3.8) is 0 Å². The Morgan fingerprint density at radius 1 is 1.17 bits per heavy atom. The van der Waals surface area contributed by atoms with Crippen molar-refractivity contribution < 1.29 is 51.3 Å². The van der Waals surface area contributed by atoms with Gasteiger partial charge in [0.2, 0.25) is 5.92 Å². The minimum Gasteiger partial charge on any atom is -0.394 e. The normalized spacial score (nSPS) is 28.1. The van der Waals surface area contributed by atoms with Gasteiger partial charge in [-0.15, -0.1) is 16.9 Å². The summed E-state index contributed by atoms with van der Waals surface area (Å²) in [5.74, 6) is -7.42. The van der Waals surface area contributed by atoms with Crippen molar-refractivity contribution in [3.05, 3.63) is 53.3 Å². The molecule has 0 bridgehead atoms. The molecule has 1 saturated heterocycles. The van der Waals surface area contributed by atoms with E-state index in [-0.39, 0.29) is 24.1 Å². The molecule has 230 valence electrons. The number of hydrogen-bond acceptors (Lipinski definition) is 10. The van der Waals surface area contributed by atoms with E-state index in [2.05, 4.69) is 15.5 Å². The van der Waals surface area contributed by atoms with E-state index in [9.17, 15) is 37.3 Å². The molecule has 16 heteroatoms. The first-order valence-corrected chi connectivity index (χ1v) is 14.0. The second-order valence-corrected chi connectivity index (χ2v) is 11.8. The number of benzene rings is 1. The van der Waals surface area contributed by atoms with Gasteiger partial charge in [-0.05, 0) is 31.9 Å². The minimum absolute atomic E-state index is 0.0420. The van der Waals surface area contributed by atoms with Crippen LogP contribution in [0.5, 0.6) is 0 Å². The quantitative estimate of drug-likeness (QED) is 0.253. The zero-order chi connectivity index (χ0) is 30.4. The number of nitrogens with zero attached hydrogens (tertiary/aromatic N) is 4. The van der Waals surface area contributed by atoms with Gasteiger partial charge in [0.25, 0.3) is 0 Å². The fourth-order valence-corrected chi connectivity index (χ4v) is 7.17. The first kappa shape index (κ1) is 30.8. The molecular weight excluding hydrogens is 591 g/mol. The van der Waals surface area contributed by atoms with E-state index in [1.165, 1.54) is 24.3 Å². The molecule has 3 N–H and O–H groups in total. The van der Waals surface area contributed by atoms with Gasteiger partial charge in [0.05, 0.1) is 23.7 Å². The molecule has 2 fully saturated rings. The van der Waals surface area contributed by atoms with Gasteiger partial charge in [-0.3, -0.25) is 0 Å². The summed E-state index contributed by atoms with van der Waals surface area (Å²) in [5, 5.41) is 43.8. The number of aryl methyl sites for hydroxylation is 1. The molecular formula is C26H29F5N4O6S. The first-order valence-electron chi connectivity index (χ1n) is 13.1. The summed E-state index contributed by atoms with van der Waals surface area (Å²) in [5.41, 5.74) is -1.93. The third kappa shape index (κ3) is 5.79. The van der Waals surface area contributed by atoms with Gasteiger partial charge in [-0.25, -0.2) is 26.6 Å². The summed E-state index contributed by atoms with van der Waals surface area (Å²) in [4.78, 5) is 0. The van der Waals surface area contributed by atoms with Crippen LogP contribution in [0.4, 0.5) is 22.0 Å². The van der Waals surface area contributed by atoms with Crippen molar-refractivity contribution in [2.75, 3.05) is 13.7 Å². The largest absolute Gasteiger partial charge is 0.394 e. The second kappa shape index (κ2) is 11.8. The lowest BCUT2D eigenvalue weighted by Crippen LogP contribution is -2.56. The molecule has 10 nitrogen and oxygen atoms in total. The predicted octanol–water partition coefficient (Wildman–Crippen LogP) is 3.71. The Kier molecular flexibility index (Phi) is 8.66. The number of aliphatic hydroxyl groups excluding tert-OH is 2. The van der Waals surface area contributed by atoms with Crippen LogP contribution in [-0.4, -0.2) is 84.5 Å². The zero-order valence-corrected chi connectivity index (χ0v) is 23.3. The summed E-state index contributed by atoms with van der Waals surface area (Å²) in [6.45, 7) is 1.06. The monoisotopic (exact) mass is 620 g/mol. The lowest BCUT2D eigenvalue weighted by Gasteiger charge is -2.46. The number of ether oxygens (including phenoxy) is 2. The van der Waals surface area contributed by atoms with E-state index in [1.54, 1.807) is 6.92 Å². The number of halogens is 5. The van der Waals surface area contributed by atoms with Gasteiger partial charge in [0.1, 0.15) is 47.4 Å². The molecule has 0 spiro atoms.